The van der Waals surface area contributed by atoms with Crippen LogP contribution in [0.25, 0.3) is 10.4 Å². The van der Waals surface area contributed by atoms with Crippen LogP contribution < -0.4 is 0 Å². The predicted molar refractivity (Wildman–Crippen MR) is 93.7 cm³/mol. The number of thiophene rings is 1. The second-order valence-corrected chi connectivity index (χ2v) is 7.15. The van der Waals surface area contributed by atoms with Gasteiger partial charge in [0.1, 0.15) is 5.82 Å². The lowest BCUT2D eigenvalue weighted by Gasteiger charge is -2.04. The Bertz CT molecular complexity index is 824. The fraction of sp³-hybridized carbons (Fsp3) is 0.111. The Morgan fingerprint density at radius 2 is 1.77 bits per heavy atom. The summed E-state index contributed by atoms with van der Waals surface area (Å²) in [5, 5.41) is 0.930. The molecular weight excluding hydrogens is 338 g/mol. The Morgan fingerprint density at radius 3 is 2.55 bits per heavy atom. The molecule has 0 aliphatic heterocycles. The third-order valence-corrected chi connectivity index (χ3v) is 5.22. The fourth-order valence-electron chi connectivity index (χ4n) is 2.30. The maximum absolute atomic E-state index is 13.2. The van der Waals surface area contributed by atoms with Crippen LogP contribution in [0.3, 0.4) is 0 Å². The smallest absolute Gasteiger partial charge is 0.141 e. The summed E-state index contributed by atoms with van der Waals surface area (Å²) >= 11 is 13.8. The highest BCUT2D eigenvalue weighted by Gasteiger charge is 2.08. The summed E-state index contributed by atoms with van der Waals surface area (Å²) < 4.78 is 13.2. The normalized spacial score (nSPS) is 10.9. The molecule has 112 valence electrons. The molecule has 4 heteroatoms. The van der Waals surface area contributed by atoms with Gasteiger partial charge in [0.25, 0.3) is 0 Å². The van der Waals surface area contributed by atoms with E-state index in [1.165, 1.54) is 16.5 Å². The number of halogens is 3. The predicted octanol–water partition coefficient (Wildman–Crippen LogP) is 6.76. The summed E-state index contributed by atoms with van der Waals surface area (Å²) in [6, 6.07) is 15.0. The second-order valence-electron chi connectivity index (χ2n) is 5.17. The molecule has 3 aromatic rings. The van der Waals surface area contributed by atoms with Gasteiger partial charge in [-0.25, -0.2) is 4.39 Å². The second kappa shape index (κ2) is 6.41. The molecule has 2 aromatic carbocycles. The van der Waals surface area contributed by atoms with Gasteiger partial charge in [0, 0.05) is 21.2 Å². The van der Waals surface area contributed by atoms with Gasteiger partial charge in [0.15, 0.2) is 0 Å². The number of rotatable bonds is 3. The van der Waals surface area contributed by atoms with Crippen molar-refractivity contribution in [1.82, 2.24) is 0 Å². The zero-order valence-electron chi connectivity index (χ0n) is 11.9. The van der Waals surface area contributed by atoms with Crippen LogP contribution in [0.5, 0.6) is 0 Å². The lowest BCUT2D eigenvalue weighted by atomic mass is 10.1. The molecule has 1 aromatic heterocycles. The Morgan fingerprint density at radius 1 is 0.955 bits per heavy atom. The van der Waals surface area contributed by atoms with Gasteiger partial charge in [-0.15, -0.1) is 11.3 Å². The van der Waals surface area contributed by atoms with Crippen molar-refractivity contribution in [3.05, 3.63) is 80.4 Å². The number of hydrogen-bond acceptors (Lipinski definition) is 1. The fourth-order valence-corrected chi connectivity index (χ4v) is 3.70. The molecule has 0 aliphatic carbocycles. The van der Waals surface area contributed by atoms with Crippen LogP contribution in [-0.2, 0) is 6.42 Å². The first-order valence-electron chi connectivity index (χ1n) is 6.82. The van der Waals surface area contributed by atoms with Gasteiger partial charge in [-0.05, 0) is 48.4 Å². The molecule has 0 bridgehead atoms. The van der Waals surface area contributed by atoms with E-state index in [9.17, 15) is 4.39 Å². The molecule has 0 N–H and O–H groups in total. The van der Waals surface area contributed by atoms with Crippen LogP contribution in [0.4, 0.5) is 4.39 Å². The van der Waals surface area contributed by atoms with E-state index in [1.54, 1.807) is 23.5 Å². The van der Waals surface area contributed by atoms with Crippen molar-refractivity contribution in [2.24, 2.45) is 0 Å². The number of hydrogen-bond donors (Lipinski definition) is 0. The standard InChI is InChI=1S/C18H13Cl2FS/c1-11-2-5-15(19)13(8-11)9-14-4-7-18(22-14)12-3-6-17(21)16(20)10-12/h2-8,10H,9H2,1H3. The molecule has 0 nitrogen and oxygen atoms in total. The van der Waals surface area contributed by atoms with Crippen molar-refractivity contribution in [1.29, 1.82) is 0 Å². The Kier molecular flexibility index (Phi) is 4.53. The molecule has 0 radical (unpaired) electrons. The topological polar surface area (TPSA) is 0 Å². The minimum atomic E-state index is -0.395. The van der Waals surface area contributed by atoms with Crippen molar-refractivity contribution in [2.45, 2.75) is 13.3 Å². The maximum atomic E-state index is 13.2. The monoisotopic (exact) mass is 350 g/mol. The third kappa shape index (κ3) is 3.35. The van der Waals surface area contributed by atoms with Crippen molar-refractivity contribution >= 4 is 34.5 Å². The van der Waals surface area contributed by atoms with Gasteiger partial charge in [0.05, 0.1) is 5.02 Å². The van der Waals surface area contributed by atoms with Crippen molar-refractivity contribution in [3.8, 4) is 10.4 Å². The Labute approximate surface area is 143 Å². The van der Waals surface area contributed by atoms with Crippen LogP contribution in [-0.4, -0.2) is 0 Å². The van der Waals surface area contributed by atoms with E-state index in [-0.39, 0.29) is 5.02 Å². The third-order valence-electron chi connectivity index (χ3n) is 3.43. The van der Waals surface area contributed by atoms with Crippen LogP contribution >= 0.6 is 34.5 Å². The molecule has 0 aliphatic rings. The van der Waals surface area contributed by atoms with Crippen molar-refractivity contribution < 1.29 is 4.39 Å². The van der Waals surface area contributed by atoms with Gasteiger partial charge in [-0.2, -0.15) is 0 Å². The molecule has 1 heterocycles. The summed E-state index contributed by atoms with van der Waals surface area (Å²) in [6.45, 7) is 2.06. The SMILES string of the molecule is Cc1ccc(Cl)c(Cc2ccc(-c3ccc(F)c(Cl)c3)s2)c1. The summed E-state index contributed by atoms with van der Waals surface area (Å²) in [5.74, 6) is -0.395. The van der Waals surface area contributed by atoms with Gasteiger partial charge < -0.3 is 0 Å². The highest BCUT2D eigenvalue weighted by atomic mass is 35.5. The van der Waals surface area contributed by atoms with Gasteiger partial charge in [-0.3, -0.25) is 0 Å². The quantitative estimate of drug-likeness (QED) is 0.489. The first-order chi connectivity index (χ1) is 10.5. The average molecular weight is 351 g/mol. The molecule has 3 rings (SSSR count). The lowest BCUT2D eigenvalue weighted by molar-refractivity contribution is 0.628. The highest BCUT2D eigenvalue weighted by molar-refractivity contribution is 7.15. The van der Waals surface area contributed by atoms with Gasteiger partial charge >= 0.3 is 0 Å². The van der Waals surface area contributed by atoms with E-state index in [0.717, 1.165) is 27.4 Å². The van der Waals surface area contributed by atoms with Crippen molar-refractivity contribution in [2.75, 3.05) is 0 Å². The molecular formula is C18H13Cl2FS. The first kappa shape index (κ1) is 15.5. The molecule has 0 spiro atoms. The molecule has 0 atom stereocenters. The van der Waals surface area contributed by atoms with Gasteiger partial charge in [0.2, 0.25) is 0 Å². The zero-order valence-corrected chi connectivity index (χ0v) is 14.2. The van der Waals surface area contributed by atoms with E-state index >= 15 is 0 Å². The van der Waals surface area contributed by atoms with Crippen LogP contribution in [0.15, 0.2) is 48.5 Å². The lowest BCUT2D eigenvalue weighted by Crippen LogP contribution is -1.87. The summed E-state index contributed by atoms with van der Waals surface area (Å²) in [6.07, 6.45) is 0.792. The number of benzene rings is 2. The largest absolute Gasteiger partial charge is 0.205 e. The minimum Gasteiger partial charge on any atom is -0.205 e. The average Bonchev–Trinajstić information content (AvgIpc) is 2.94. The van der Waals surface area contributed by atoms with Gasteiger partial charge in [-0.1, -0.05) is 47.0 Å². The minimum absolute atomic E-state index is 0.147. The molecule has 0 saturated heterocycles. The van der Waals surface area contributed by atoms with Crippen LogP contribution in [0.1, 0.15) is 16.0 Å². The maximum Gasteiger partial charge on any atom is 0.141 e. The molecule has 22 heavy (non-hydrogen) atoms. The van der Waals surface area contributed by atoms with Crippen LogP contribution in [0, 0.1) is 12.7 Å². The summed E-state index contributed by atoms with van der Waals surface area (Å²) in [7, 11) is 0. The van der Waals surface area contributed by atoms with E-state index in [1.807, 2.05) is 18.2 Å². The number of aryl methyl sites for hydroxylation is 1. The van der Waals surface area contributed by atoms with Crippen molar-refractivity contribution in [3.63, 3.8) is 0 Å². The van der Waals surface area contributed by atoms with E-state index < -0.39 is 5.82 Å². The Hall–Kier alpha value is -1.35. The highest BCUT2D eigenvalue weighted by Crippen LogP contribution is 2.32. The molecule has 0 amide bonds. The summed E-state index contributed by atoms with van der Waals surface area (Å²) in [4.78, 5) is 2.28. The van der Waals surface area contributed by atoms with E-state index in [0.29, 0.717) is 0 Å². The van der Waals surface area contributed by atoms with E-state index in [4.69, 9.17) is 23.2 Å². The molecule has 0 unspecified atom stereocenters. The van der Waals surface area contributed by atoms with E-state index in [2.05, 4.69) is 19.1 Å². The van der Waals surface area contributed by atoms with Crippen LogP contribution in [0.2, 0.25) is 10.0 Å². The molecule has 0 saturated carbocycles. The first-order valence-corrected chi connectivity index (χ1v) is 8.39. The zero-order chi connectivity index (χ0) is 15.7. The molecule has 0 fully saturated rings. The Balaban J connectivity index is 1.87. The summed E-state index contributed by atoms with van der Waals surface area (Å²) in [5.41, 5.74) is 3.24.